The van der Waals surface area contributed by atoms with Gasteiger partial charge in [0.05, 0.1) is 23.8 Å². The zero-order chi connectivity index (χ0) is 22.7. The van der Waals surface area contributed by atoms with E-state index in [4.69, 9.17) is 9.15 Å². The highest BCUT2D eigenvalue weighted by atomic mass is 79.9. The zero-order valence-electron chi connectivity index (χ0n) is 17.6. The predicted molar refractivity (Wildman–Crippen MR) is 129 cm³/mol. The van der Waals surface area contributed by atoms with E-state index < -0.39 is 5.91 Å². The number of rotatable bonds is 7. The highest BCUT2D eigenvalue weighted by Gasteiger charge is 2.21. The fourth-order valence-corrected chi connectivity index (χ4v) is 3.94. The van der Waals surface area contributed by atoms with Crippen molar-refractivity contribution in [3.63, 3.8) is 0 Å². The fraction of sp³-hybridized carbons (Fsp3) is 0.120. The second-order valence-electron chi connectivity index (χ2n) is 7.25. The van der Waals surface area contributed by atoms with Gasteiger partial charge in [-0.2, -0.15) is 0 Å². The van der Waals surface area contributed by atoms with Crippen molar-refractivity contribution in [1.82, 2.24) is 0 Å². The van der Waals surface area contributed by atoms with E-state index in [1.807, 2.05) is 49.4 Å². The number of hydrogen-bond donors (Lipinski definition) is 2. The van der Waals surface area contributed by atoms with E-state index in [1.165, 1.54) is 0 Å². The molecule has 1 aromatic heterocycles. The van der Waals surface area contributed by atoms with Crippen molar-refractivity contribution in [2.75, 3.05) is 24.3 Å². The Balaban J connectivity index is 1.59. The molecule has 0 unspecified atom stereocenters. The number of halogens is 1. The van der Waals surface area contributed by atoms with Crippen molar-refractivity contribution in [3.05, 3.63) is 88.1 Å². The van der Waals surface area contributed by atoms with Gasteiger partial charge in [-0.15, -0.1) is 0 Å². The Kier molecular flexibility index (Phi) is 6.28. The summed E-state index contributed by atoms with van der Waals surface area (Å²) in [6.45, 7) is 1.94. The molecule has 162 valence electrons. The zero-order valence-corrected chi connectivity index (χ0v) is 19.2. The van der Waals surface area contributed by atoms with Crippen molar-refractivity contribution < 1.29 is 18.7 Å². The van der Waals surface area contributed by atoms with Gasteiger partial charge in [-0.1, -0.05) is 24.3 Å². The number of aryl methyl sites for hydroxylation is 1. The predicted octanol–water partition coefficient (Wildman–Crippen LogP) is 6.06. The molecule has 1 heterocycles. The highest BCUT2D eigenvalue weighted by molar-refractivity contribution is 9.10. The van der Waals surface area contributed by atoms with Crippen LogP contribution in [0.1, 0.15) is 26.5 Å². The van der Waals surface area contributed by atoms with Crippen LogP contribution >= 0.6 is 15.9 Å². The Morgan fingerprint density at radius 1 is 1.03 bits per heavy atom. The standard InChI is InChI=1S/C25H21BrN2O4/c1-15-6-5-7-17(12-15)28-25(30)24-23(18-8-3-4-9-21(18)32-24)27-14-20(29)16-10-11-22(31-2)19(26)13-16/h3-13,27H,14H2,1-2H3,(H,28,30). The van der Waals surface area contributed by atoms with Crippen LogP contribution in [0.5, 0.6) is 5.75 Å². The van der Waals surface area contributed by atoms with Crippen LogP contribution in [0.25, 0.3) is 11.0 Å². The summed E-state index contributed by atoms with van der Waals surface area (Å²) in [6.07, 6.45) is 0. The SMILES string of the molecule is COc1ccc(C(=O)CNc2c(C(=O)Nc3cccc(C)c3)oc3ccccc23)cc1Br. The molecule has 0 radical (unpaired) electrons. The second-order valence-corrected chi connectivity index (χ2v) is 8.11. The minimum Gasteiger partial charge on any atom is -0.496 e. The van der Waals surface area contributed by atoms with Gasteiger partial charge >= 0.3 is 0 Å². The lowest BCUT2D eigenvalue weighted by atomic mass is 10.1. The van der Waals surface area contributed by atoms with Crippen LogP contribution in [-0.2, 0) is 0 Å². The summed E-state index contributed by atoms with van der Waals surface area (Å²) in [5, 5.41) is 6.70. The molecule has 0 spiro atoms. The van der Waals surface area contributed by atoms with Crippen molar-refractivity contribution >= 4 is 50.0 Å². The number of furan rings is 1. The molecule has 2 N–H and O–H groups in total. The monoisotopic (exact) mass is 492 g/mol. The van der Waals surface area contributed by atoms with Gasteiger partial charge in [0.2, 0.25) is 5.76 Å². The number of fused-ring (bicyclic) bond motifs is 1. The third kappa shape index (κ3) is 4.53. The summed E-state index contributed by atoms with van der Waals surface area (Å²) < 4.78 is 11.7. The highest BCUT2D eigenvalue weighted by Crippen LogP contribution is 2.32. The largest absolute Gasteiger partial charge is 0.496 e. The number of anilines is 2. The molecule has 1 amide bonds. The number of ether oxygens (including phenoxy) is 1. The van der Waals surface area contributed by atoms with Crippen LogP contribution in [0, 0.1) is 6.92 Å². The molecule has 0 fully saturated rings. The van der Waals surface area contributed by atoms with Crippen molar-refractivity contribution in [2.45, 2.75) is 6.92 Å². The van der Waals surface area contributed by atoms with E-state index in [-0.39, 0.29) is 18.1 Å². The van der Waals surface area contributed by atoms with Crippen LogP contribution in [0.15, 0.2) is 75.6 Å². The van der Waals surface area contributed by atoms with E-state index in [1.54, 1.807) is 31.4 Å². The average molecular weight is 493 g/mol. The first kappa shape index (κ1) is 21.6. The quantitative estimate of drug-likeness (QED) is 0.306. The lowest BCUT2D eigenvalue weighted by molar-refractivity contribution is 0.0990. The number of Topliss-reactive ketones (excluding diaryl/α,β-unsaturated/α-hetero) is 1. The van der Waals surface area contributed by atoms with E-state index in [2.05, 4.69) is 26.6 Å². The molecular formula is C25H21BrN2O4. The van der Waals surface area contributed by atoms with Gasteiger partial charge < -0.3 is 19.8 Å². The van der Waals surface area contributed by atoms with Crippen LogP contribution in [0.4, 0.5) is 11.4 Å². The first-order valence-corrected chi connectivity index (χ1v) is 10.8. The van der Waals surface area contributed by atoms with E-state index in [0.717, 1.165) is 10.9 Å². The Hall–Kier alpha value is -3.58. The molecule has 3 aromatic carbocycles. The number of methoxy groups -OCH3 is 1. The van der Waals surface area contributed by atoms with Crippen LogP contribution in [-0.4, -0.2) is 25.3 Å². The number of hydrogen-bond acceptors (Lipinski definition) is 5. The first-order valence-electron chi connectivity index (χ1n) is 9.96. The van der Waals surface area contributed by atoms with Gasteiger partial charge in [-0.3, -0.25) is 9.59 Å². The molecule has 0 atom stereocenters. The fourth-order valence-electron chi connectivity index (χ4n) is 3.40. The van der Waals surface area contributed by atoms with Crippen LogP contribution in [0.2, 0.25) is 0 Å². The Labute approximate surface area is 193 Å². The molecule has 0 bridgehead atoms. The average Bonchev–Trinajstić information content (AvgIpc) is 3.16. The molecule has 4 aromatic rings. The van der Waals surface area contributed by atoms with E-state index in [0.29, 0.717) is 32.7 Å². The summed E-state index contributed by atoms with van der Waals surface area (Å²) in [4.78, 5) is 25.8. The minimum absolute atomic E-state index is 0.00692. The molecule has 6 nitrogen and oxygen atoms in total. The van der Waals surface area contributed by atoms with Crippen molar-refractivity contribution in [1.29, 1.82) is 0 Å². The maximum Gasteiger partial charge on any atom is 0.293 e. The summed E-state index contributed by atoms with van der Waals surface area (Å²) in [7, 11) is 1.57. The first-order chi connectivity index (χ1) is 15.5. The van der Waals surface area contributed by atoms with Gasteiger partial charge in [-0.25, -0.2) is 0 Å². The molecule has 0 saturated heterocycles. The van der Waals surface area contributed by atoms with E-state index in [9.17, 15) is 9.59 Å². The smallest absolute Gasteiger partial charge is 0.293 e. The van der Waals surface area contributed by atoms with Gasteiger partial charge in [0.25, 0.3) is 5.91 Å². The summed E-state index contributed by atoms with van der Waals surface area (Å²) in [5.74, 6) is 0.236. The molecule has 7 heteroatoms. The summed E-state index contributed by atoms with van der Waals surface area (Å²) >= 11 is 3.40. The van der Waals surface area contributed by atoms with Crippen LogP contribution in [0.3, 0.4) is 0 Å². The van der Waals surface area contributed by atoms with E-state index >= 15 is 0 Å². The molecular weight excluding hydrogens is 472 g/mol. The number of benzene rings is 3. The number of para-hydroxylation sites is 1. The molecule has 0 aliphatic carbocycles. The molecule has 32 heavy (non-hydrogen) atoms. The number of carbonyl (C=O) groups is 2. The third-order valence-corrected chi connectivity index (χ3v) is 5.60. The topological polar surface area (TPSA) is 80.6 Å². The molecule has 0 aliphatic rings. The Bertz CT molecular complexity index is 1310. The molecule has 4 rings (SSSR count). The normalized spacial score (nSPS) is 10.7. The number of amides is 1. The van der Waals surface area contributed by atoms with Crippen molar-refractivity contribution in [3.8, 4) is 5.75 Å². The number of nitrogens with one attached hydrogen (secondary N) is 2. The van der Waals surface area contributed by atoms with Gasteiger partial charge in [0.1, 0.15) is 11.3 Å². The molecule has 0 saturated carbocycles. The maximum absolute atomic E-state index is 13.0. The van der Waals surface area contributed by atoms with Crippen LogP contribution < -0.4 is 15.4 Å². The number of ketones is 1. The van der Waals surface area contributed by atoms with Crippen molar-refractivity contribution in [2.24, 2.45) is 0 Å². The lowest BCUT2D eigenvalue weighted by Gasteiger charge is -2.09. The number of carbonyl (C=O) groups excluding carboxylic acids is 2. The third-order valence-electron chi connectivity index (χ3n) is 4.98. The Morgan fingerprint density at radius 2 is 1.84 bits per heavy atom. The van der Waals surface area contributed by atoms with Gasteiger partial charge in [-0.05, 0) is 70.9 Å². The van der Waals surface area contributed by atoms with Gasteiger partial charge in [0.15, 0.2) is 5.78 Å². The molecule has 0 aliphatic heterocycles. The summed E-state index contributed by atoms with van der Waals surface area (Å²) in [6, 6.07) is 20.0. The lowest BCUT2D eigenvalue weighted by Crippen LogP contribution is -2.17. The van der Waals surface area contributed by atoms with Gasteiger partial charge in [0, 0.05) is 16.6 Å². The summed E-state index contributed by atoms with van der Waals surface area (Å²) in [5.41, 5.74) is 3.25. The minimum atomic E-state index is -0.394. The Morgan fingerprint density at radius 3 is 2.59 bits per heavy atom. The second kappa shape index (κ2) is 9.28. The maximum atomic E-state index is 13.0.